The lowest BCUT2D eigenvalue weighted by Crippen LogP contribution is -1.97. The largest absolute Gasteiger partial charge is 0.236 e. The molecule has 1 aromatic heterocycles. The number of benzene rings is 1. The molecule has 0 atom stereocenters. The van der Waals surface area contributed by atoms with Crippen LogP contribution in [0.1, 0.15) is 5.56 Å². The molecule has 16 heavy (non-hydrogen) atoms. The second kappa shape index (κ2) is 4.23. The summed E-state index contributed by atoms with van der Waals surface area (Å²) in [4.78, 5) is 3.82. The SMILES string of the molecule is O=S(=O)(Cl)Cc1ccc(-n2cncn2)cc1. The van der Waals surface area contributed by atoms with Gasteiger partial charge in [0, 0.05) is 10.7 Å². The Balaban J connectivity index is 2.24. The zero-order valence-electron chi connectivity index (χ0n) is 8.12. The average Bonchev–Trinajstić information content (AvgIpc) is 2.69. The van der Waals surface area contributed by atoms with Gasteiger partial charge in [-0.1, -0.05) is 12.1 Å². The average molecular weight is 258 g/mol. The molecule has 0 amide bonds. The van der Waals surface area contributed by atoms with E-state index in [0.29, 0.717) is 5.56 Å². The quantitative estimate of drug-likeness (QED) is 0.779. The Morgan fingerprint density at radius 2 is 1.94 bits per heavy atom. The highest BCUT2D eigenvalue weighted by Gasteiger charge is 2.07. The Kier molecular flexibility index (Phi) is 2.93. The van der Waals surface area contributed by atoms with Gasteiger partial charge in [-0.05, 0) is 17.7 Å². The van der Waals surface area contributed by atoms with Gasteiger partial charge in [-0.15, -0.1) is 0 Å². The van der Waals surface area contributed by atoms with E-state index in [9.17, 15) is 8.42 Å². The lowest BCUT2D eigenvalue weighted by Gasteiger charge is -2.01. The summed E-state index contributed by atoms with van der Waals surface area (Å²) >= 11 is 0. The van der Waals surface area contributed by atoms with Crippen molar-refractivity contribution in [1.29, 1.82) is 0 Å². The fraction of sp³-hybridized carbons (Fsp3) is 0.111. The Labute approximate surface area is 97.1 Å². The Bertz CT molecular complexity index is 563. The monoisotopic (exact) mass is 257 g/mol. The summed E-state index contributed by atoms with van der Waals surface area (Å²) in [5, 5.41) is 3.95. The standard InChI is InChI=1S/C9H8ClN3O2S/c10-16(14,15)5-8-1-3-9(4-2-8)13-7-11-6-12-13/h1-4,6-7H,5H2. The Morgan fingerprint density at radius 3 is 2.44 bits per heavy atom. The Hall–Kier alpha value is -1.40. The lowest BCUT2D eigenvalue weighted by atomic mass is 10.2. The first-order valence-electron chi connectivity index (χ1n) is 4.41. The smallest absolute Gasteiger partial charge is 0.223 e. The molecule has 0 radical (unpaired) electrons. The second-order valence-corrected chi connectivity index (χ2v) is 5.97. The van der Waals surface area contributed by atoms with Gasteiger partial charge in [-0.25, -0.2) is 18.1 Å². The van der Waals surface area contributed by atoms with Crippen LogP contribution in [-0.2, 0) is 14.8 Å². The van der Waals surface area contributed by atoms with Crippen LogP contribution < -0.4 is 0 Å². The van der Waals surface area contributed by atoms with Crippen LogP contribution in [0.3, 0.4) is 0 Å². The maximum absolute atomic E-state index is 10.9. The highest BCUT2D eigenvalue weighted by atomic mass is 35.7. The van der Waals surface area contributed by atoms with E-state index < -0.39 is 9.05 Å². The van der Waals surface area contributed by atoms with E-state index >= 15 is 0 Å². The number of hydrogen-bond acceptors (Lipinski definition) is 4. The van der Waals surface area contributed by atoms with Crippen LogP contribution in [0.15, 0.2) is 36.9 Å². The highest BCUT2D eigenvalue weighted by Crippen LogP contribution is 2.12. The van der Waals surface area contributed by atoms with Gasteiger partial charge in [0.25, 0.3) is 0 Å². The summed E-state index contributed by atoms with van der Waals surface area (Å²) in [7, 11) is 1.65. The van der Waals surface area contributed by atoms with E-state index in [1.807, 2.05) is 0 Å². The third-order valence-corrected chi connectivity index (χ3v) is 2.96. The predicted octanol–water partition coefficient (Wildman–Crippen LogP) is 1.34. The van der Waals surface area contributed by atoms with Crippen molar-refractivity contribution in [2.24, 2.45) is 0 Å². The second-order valence-electron chi connectivity index (χ2n) is 3.19. The molecule has 7 heteroatoms. The summed E-state index contributed by atoms with van der Waals surface area (Å²) < 4.78 is 23.3. The van der Waals surface area contributed by atoms with Crippen molar-refractivity contribution >= 4 is 19.7 Å². The molecule has 0 fully saturated rings. The van der Waals surface area contributed by atoms with Gasteiger partial charge < -0.3 is 0 Å². The first-order valence-corrected chi connectivity index (χ1v) is 6.89. The molecule has 0 aliphatic heterocycles. The summed E-state index contributed by atoms with van der Waals surface area (Å²) in [6, 6.07) is 6.89. The van der Waals surface area contributed by atoms with Crippen molar-refractivity contribution in [2.75, 3.05) is 0 Å². The molecular weight excluding hydrogens is 250 g/mol. The maximum Gasteiger partial charge on any atom is 0.236 e. The van der Waals surface area contributed by atoms with Gasteiger partial charge >= 0.3 is 0 Å². The van der Waals surface area contributed by atoms with Crippen LogP contribution in [0.2, 0.25) is 0 Å². The molecule has 5 nitrogen and oxygen atoms in total. The first kappa shape index (κ1) is 11.1. The van der Waals surface area contributed by atoms with Crippen LogP contribution in [-0.4, -0.2) is 23.2 Å². The molecule has 1 heterocycles. The minimum absolute atomic E-state index is 0.174. The molecule has 2 rings (SSSR count). The van der Waals surface area contributed by atoms with Crippen molar-refractivity contribution in [2.45, 2.75) is 5.75 Å². The summed E-state index contributed by atoms with van der Waals surface area (Å²) in [5.41, 5.74) is 1.45. The van der Waals surface area contributed by atoms with Crippen LogP contribution in [0.25, 0.3) is 5.69 Å². The van der Waals surface area contributed by atoms with Crippen molar-refractivity contribution in [3.8, 4) is 5.69 Å². The van der Waals surface area contributed by atoms with Gasteiger partial charge in [0.15, 0.2) is 0 Å². The summed E-state index contributed by atoms with van der Waals surface area (Å²) in [5.74, 6) is -0.174. The zero-order chi connectivity index (χ0) is 11.6. The van der Waals surface area contributed by atoms with Crippen molar-refractivity contribution < 1.29 is 8.42 Å². The molecule has 0 aliphatic carbocycles. The molecule has 84 valence electrons. The molecule has 0 N–H and O–H groups in total. The lowest BCUT2D eigenvalue weighted by molar-refractivity contribution is 0.609. The number of rotatable bonds is 3. The van der Waals surface area contributed by atoms with E-state index in [1.165, 1.54) is 6.33 Å². The molecule has 0 saturated heterocycles. The number of aromatic nitrogens is 3. The molecule has 0 aliphatic rings. The third-order valence-electron chi connectivity index (χ3n) is 1.96. The molecule has 1 aromatic carbocycles. The molecule has 0 unspecified atom stereocenters. The van der Waals surface area contributed by atoms with E-state index in [2.05, 4.69) is 10.1 Å². The highest BCUT2D eigenvalue weighted by molar-refractivity contribution is 8.13. The third kappa shape index (κ3) is 2.80. The van der Waals surface area contributed by atoms with Crippen LogP contribution in [0.5, 0.6) is 0 Å². The predicted molar refractivity (Wildman–Crippen MR) is 59.8 cm³/mol. The van der Waals surface area contributed by atoms with Crippen molar-refractivity contribution in [3.05, 3.63) is 42.5 Å². The summed E-state index contributed by atoms with van der Waals surface area (Å²) in [6.07, 6.45) is 2.99. The zero-order valence-corrected chi connectivity index (χ0v) is 9.69. The van der Waals surface area contributed by atoms with Crippen molar-refractivity contribution in [3.63, 3.8) is 0 Å². The van der Waals surface area contributed by atoms with E-state index in [-0.39, 0.29) is 5.75 Å². The van der Waals surface area contributed by atoms with Gasteiger partial charge in [0.2, 0.25) is 9.05 Å². The Morgan fingerprint density at radius 1 is 1.25 bits per heavy atom. The number of halogens is 1. The van der Waals surface area contributed by atoms with Gasteiger partial charge in [0.1, 0.15) is 12.7 Å². The fourth-order valence-electron chi connectivity index (χ4n) is 1.29. The fourth-order valence-corrected chi connectivity index (χ4v) is 2.25. The molecule has 2 aromatic rings. The molecular formula is C9H8ClN3O2S. The minimum atomic E-state index is -3.51. The first-order chi connectivity index (χ1) is 7.54. The molecule has 0 spiro atoms. The van der Waals surface area contributed by atoms with E-state index in [0.717, 1.165) is 5.69 Å². The van der Waals surface area contributed by atoms with Crippen LogP contribution >= 0.6 is 10.7 Å². The van der Waals surface area contributed by atoms with Gasteiger partial charge in [-0.2, -0.15) is 5.10 Å². The normalized spacial score (nSPS) is 11.6. The van der Waals surface area contributed by atoms with Crippen molar-refractivity contribution in [1.82, 2.24) is 14.8 Å². The van der Waals surface area contributed by atoms with Gasteiger partial charge in [-0.3, -0.25) is 0 Å². The van der Waals surface area contributed by atoms with Crippen LogP contribution in [0.4, 0.5) is 0 Å². The topological polar surface area (TPSA) is 64.8 Å². The number of hydrogen-bond donors (Lipinski definition) is 0. The minimum Gasteiger partial charge on any atom is -0.223 e. The number of nitrogens with zero attached hydrogens (tertiary/aromatic N) is 3. The van der Waals surface area contributed by atoms with E-state index in [1.54, 1.807) is 35.3 Å². The van der Waals surface area contributed by atoms with Crippen LogP contribution in [0, 0.1) is 0 Å². The van der Waals surface area contributed by atoms with Gasteiger partial charge in [0.05, 0.1) is 11.4 Å². The maximum atomic E-state index is 10.9. The summed E-state index contributed by atoms with van der Waals surface area (Å²) in [6.45, 7) is 0. The molecule has 0 saturated carbocycles. The molecule has 0 bridgehead atoms. The van der Waals surface area contributed by atoms with E-state index in [4.69, 9.17) is 10.7 Å².